The molecule has 1 aliphatic heterocycles. The molecule has 5 rings (SSSR count). The van der Waals surface area contributed by atoms with Gasteiger partial charge in [0.15, 0.2) is 27.0 Å². The van der Waals surface area contributed by atoms with Gasteiger partial charge in [-0.3, -0.25) is 4.79 Å². The number of ether oxygens (including phenoxy) is 2. The maximum Gasteiger partial charge on any atom is 0.272 e. The number of fused-ring (bicyclic) bond motifs is 3. The first-order valence-corrected chi connectivity index (χ1v) is 12.6. The fraction of sp³-hybridized carbons (Fsp3) is 0.304. The van der Waals surface area contributed by atoms with E-state index in [1.165, 1.54) is 0 Å². The molecule has 2 heterocycles. The van der Waals surface area contributed by atoms with Crippen LogP contribution in [-0.4, -0.2) is 55.9 Å². The second-order valence-corrected chi connectivity index (χ2v) is 10.8. The number of amides is 1. The molecule has 8 nitrogen and oxygen atoms in total. The lowest BCUT2D eigenvalue weighted by Gasteiger charge is -2.13. The number of halogens is 1. The van der Waals surface area contributed by atoms with Crippen molar-refractivity contribution >= 4 is 27.3 Å². The highest BCUT2D eigenvalue weighted by Crippen LogP contribution is 2.45. The summed E-state index contributed by atoms with van der Waals surface area (Å²) in [5, 5.41) is 7.98. The fourth-order valence-corrected chi connectivity index (χ4v) is 6.40. The van der Waals surface area contributed by atoms with Crippen LogP contribution in [0.3, 0.4) is 0 Å². The first-order valence-electron chi connectivity index (χ1n) is 10.4. The number of carbonyl (C=O) groups is 1. The number of rotatable bonds is 5. The number of para-hydroxylation sites is 1. The van der Waals surface area contributed by atoms with E-state index < -0.39 is 21.8 Å². The minimum Gasteiger partial charge on any atom is -0.493 e. The van der Waals surface area contributed by atoms with Gasteiger partial charge in [-0.05, 0) is 36.2 Å². The van der Waals surface area contributed by atoms with Crippen LogP contribution in [0.25, 0.3) is 16.9 Å². The topological polar surface area (TPSA) is 99.5 Å². The largest absolute Gasteiger partial charge is 0.493 e. The zero-order chi connectivity index (χ0) is 23.3. The number of hydrogen-bond donors (Lipinski definition) is 1. The summed E-state index contributed by atoms with van der Waals surface area (Å²) in [5.41, 5.74) is 4.24. The first-order chi connectivity index (χ1) is 15.8. The van der Waals surface area contributed by atoms with Gasteiger partial charge in [0.1, 0.15) is 0 Å². The number of hydrogen-bond acceptors (Lipinski definition) is 6. The van der Waals surface area contributed by atoms with E-state index in [9.17, 15) is 13.2 Å². The standard InChI is InChI=1S/C23H22ClN3O5S/c1-31-19-10-13-9-16-21(23(28)25-14-7-8-33(29,30)12-14)26-27(18-6-4-3-5-17(18)24)22(16)15(13)11-20(19)32-2/h3-6,10-11,14H,7-9,12H2,1-2H3,(H,25,28). The van der Waals surface area contributed by atoms with Crippen LogP contribution >= 0.6 is 11.6 Å². The smallest absolute Gasteiger partial charge is 0.272 e. The maximum absolute atomic E-state index is 13.2. The van der Waals surface area contributed by atoms with Crippen molar-refractivity contribution in [3.63, 3.8) is 0 Å². The summed E-state index contributed by atoms with van der Waals surface area (Å²) >= 11 is 6.48. The molecule has 3 aromatic rings. The quantitative estimate of drug-likeness (QED) is 0.464. The molecule has 1 fully saturated rings. The Balaban J connectivity index is 1.63. The van der Waals surface area contributed by atoms with Gasteiger partial charge in [0.2, 0.25) is 0 Å². The van der Waals surface area contributed by atoms with Crippen LogP contribution in [0.15, 0.2) is 36.4 Å². The van der Waals surface area contributed by atoms with E-state index in [1.54, 1.807) is 25.0 Å². The summed E-state index contributed by atoms with van der Waals surface area (Å²) in [6, 6.07) is 10.6. The van der Waals surface area contributed by atoms with E-state index >= 15 is 0 Å². The predicted molar refractivity (Wildman–Crippen MR) is 124 cm³/mol. The normalized spacial score (nSPS) is 18.0. The van der Waals surface area contributed by atoms with Crippen molar-refractivity contribution in [2.24, 2.45) is 0 Å². The number of sulfone groups is 1. The average Bonchev–Trinajstić information content (AvgIpc) is 3.44. The van der Waals surface area contributed by atoms with Crippen molar-refractivity contribution in [1.29, 1.82) is 0 Å². The van der Waals surface area contributed by atoms with Crippen LogP contribution < -0.4 is 14.8 Å². The highest BCUT2D eigenvalue weighted by Gasteiger charge is 2.35. The van der Waals surface area contributed by atoms with Gasteiger partial charge in [0.05, 0.1) is 42.1 Å². The molecule has 1 amide bonds. The van der Waals surface area contributed by atoms with Gasteiger partial charge >= 0.3 is 0 Å². The van der Waals surface area contributed by atoms with Gasteiger partial charge in [0, 0.05) is 23.6 Å². The molecule has 1 saturated heterocycles. The van der Waals surface area contributed by atoms with Gasteiger partial charge in [-0.2, -0.15) is 5.10 Å². The Hall–Kier alpha value is -3.04. The van der Waals surface area contributed by atoms with E-state index in [-0.39, 0.29) is 17.2 Å². The Morgan fingerprint density at radius 3 is 2.58 bits per heavy atom. The van der Waals surface area contributed by atoms with Crippen molar-refractivity contribution in [3.05, 3.63) is 58.2 Å². The Labute approximate surface area is 196 Å². The molecule has 1 atom stereocenters. The van der Waals surface area contributed by atoms with Crippen LogP contribution in [0.2, 0.25) is 5.02 Å². The highest BCUT2D eigenvalue weighted by atomic mass is 35.5. The van der Waals surface area contributed by atoms with E-state index in [0.29, 0.717) is 35.1 Å². The molecule has 33 heavy (non-hydrogen) atoms. The molecule has 1 N–H and O–H groups in total. The van der Waals surface area contributed by atoms with E-state index in [0.717, 1.165) is 22.4 Å². The summed E-state index contributed by atoms with van der Waals surface area (Å²) in [4.78, 5) is 13.2. The zero-order valence-corrected chi connectivity index (χ0v) is 19.7. The lowest BCUT2D eigenvalue weighted by atomic mass is 10.1. The van der Waals surface area contributed by atoms with Gasteiger partial charge in [0.25, 0.3) is 5.91 Å². The fourth-order valence-electron chi connectivity index (χ4n) is 4.52. The summed E-state index contributed by atoms with van der Waals surface area (Å²) in [6.07, 6.45) is 0.872. The minimum atomic E-state index is -3.12. The van der Waals surface area contributed by atoms with Crippen molar-refractivity contribution in [2.45, 2.75) is 18.9 Å². The second kappa shape index (κ2) is 8.07. The Kier molecular flexibility index (Phi) is 5.33. The molecule has 0 bridgehead atoms. The molecule has 1 aromatic heterocycles. The second-order valence-electron chi connectivity index (χ2n) is 8.15. The van der Waals surface area contributed by atoms with Crippen molar-refractivity contribution in [1.82, 2.24) is 15.1 Å². The summed E-state index contributed by atoms with van der Waals surface area (Å²) < 4.78 is 36.3. The zero-order valence-electron chi connectivity index (χ0n) is 18.1. The predicted octanol–water partition coefficient (Wildman–Crippen LogP) is 3.03. The van der Waals surface area contributed by atoms with Crippen molar-refractivity contribution in [2.75, 3.05) is 25.7 Å². The Morgan fingerprint density at radius 2 is 1.91 bits per heavy atom. The summed E-state index contributed by atoms with van der Waals surface area (Å²) in [5.74, 6) is 0.792. The van der Waals surface area contributed by atoms with Gasteiger partial charge in [-0.25, -0.2) is 13.1 Å². The maximum atomic E-state index is 13.2. The number of aromatic nitrogens is 2. The molecular formula is C23H22ClN3O5S. The van der Waals surface area contributed by atoms with E-state index in [4.69, 9.17) is 21.1 Å². The third-order valence-corrected chi connectivity index (χ3v) is 8.17. The lowest BCUT2D eigenvalue weighted by Crippen LogP contribution is -2.36. The van der Waals surface area contributed by atoms with E-state index in [2.05, 4.69) is 10.4 Å². The average molecular weight is 488 g/mol. The number of carbonyl (C=O) groups excluding carboxylic acids is 1. The monoisotopic (exact) mass is 487 g/mol. The van der Waals surface area contributed by atoms with Crippen LogP contribution in [0.5, 0.6) is 11.5 Å². The van der Waals surface area contributed by atoms with Gasteiger partial charge in [-0.15, -0.1) is 0 Å². The molecule has 10 heteroatoms. The van der Waals surface area contributed by atoms with Gasteiger partial charge in [-0.1, -0.05) is 23.7 Å². The molecule has 1 unspecified atom stereocenters. The van der Waals surface area contributed by atoms with Crippen molar-refractivity contribution < 1.29 is 22.7 Å². The van der Waals surface area contributed by atoms with Gasteiger partial charge < -0.3 is 14.8 Å². The first kappa shape index (κ1) is 21.8. The number of methoxy groups -OCH3 is 2. The molecule has 0 spiro atoms. The minimum absolute atomic E-state index is 0.0548. The number of nitrogens with one attached hydrogen (secondary N) is 1. The lowest BCUT2D eigenvalue weighted by molar-refractivity contribution is 0.0935. The van der Waals surface area contributed by atoms with E-state index in [1.807, 2.05) is 30.3 Å². The molecule has 0 saturated carbocycles. The van der Waals surface area contributed by atoms with Crippen LogP contribution in [0.1, 0.15) is 28.0 Å². The number of benzene rings is 2. The number of nitrogens with zero attached hydrogens (tertiary/aromatic N) is 2. The molecule has 2 aromatic carbocycles. The Bertz CT molecular complexity index is 1380. The Morgan fingerprint density at radius 1 is 1.18 bits per heavy atom. The molecule has 2 aliphatic rings. The van der Waals surface area contributed by atoms with Crippen LogP contribution in [0.4, 0.5) is 0 Å². The SMILES string of the molecule is COc1cc2c(cc1OC)-c1c(c(C(=O)NC3CCS(=O)(=O)C3)nn1-c1ccccc1Cl)C2. The molecule has 0 radical (unpaired) electrons. The van der Waals surface area contributed by atoms with Crippen molar-refractivity contribution in [3.8, 4) is 28.4 Å². The molecular weight excluding hydrogens is 466 g/mol. The van der Waals surface area contributed by atoms with Crippen LogP contribution in [-0.2, 0) is 16.3 Å². The highest BCUT2D eigenvalue weighted by molar-refractivity contribution is 7.91. The third kappa shape index (κ3) is 3.75. The summed E-state index contributed by atoms with van der Waals surface area (Å²) in [6.45, 7) is 0. The molecule has 1 aliphatic carbocycles. The third-order valence-electron chi connectivity index (χ3n) is 6.08. The summed E-state index contributed by atoms with van der Waals surface area (Å²) in [7, 11) is 0.0223. The van der Waals surface area contributed by atoms with Crippen LogP contribution in [0, 0.1) is 0 Å². The molecule has 172 valence electrons.